The summed E-state index contributed by atoms with van der Waals surface area (Å²) in [6, 6.07) is 1.77. The third-order valence-corrected chi connectivity index (χ3v) is 2.21. The molecule has 0 aliphatic carbocycles. The van der Waals surface area contributed by atoms with Gasteiger partial charge in [0.1, 0.15) is 0 Å². The highest BCUT2D eigenvalue weighted by Gasteiger charge is 1.95. The van der Waals surface area contributed by atoms with Gasteiger partial charge in [-0.25, -0.2) is 9.78 Å². The van der Waals surface area contributed by atoms with Crippen molar-refractivity contribution in [3.63, 3.8) is 0 Å². The lowest BCUT2D eigenvalue weighted by Gasteiger charge is -2.07. The fraction of sp³-hybridized carbons (Fsp3) is 0.636. The van der Waals surface area contributed by atoms with E-state index in [0.717, 1.165) is 19.0 Å². The minimum absolute atomic E-state index is 0.178. The second kappa shape index (κ2) is 6.35. The summed E-state index contributed by atoms with van der Waals surface area (Å²) < 4.78 is 1.61. The molecule has 0 atom stereocenters. The van der Waals surface area contributed by atoms with E-state index in [9.17, 15) is 4.79 Å². The van der Waals surface area contributed by atoms with Crippen molar-refractivity contribution >= 4 is 0 Å². The van der Waals surface area contributed by atoms with Crippen molar-refractivity contribution in [1.82, 2.24) is 14.9 Å². The maximum Gasteiger partial charge on any atom is 0.347 e. The van der Waals surface area contributed by atoms with Crippen molar-refractivity contribution in [2.24, 2.45) is 5.92 Å². The SMILES string of the molecule is CC(C)CCNCCn1cccnc1=O. The summed E-state index contributed by atoms with van der Waals surface area (Å²) in [5, 5.41) is 3.30. The third-order valence-electron chi connectivity index (χ3n) is 2.21. The zero-order valence-corrected chi connectivity index (χ0v) is 9.44. The second-order valence-corrected chi connectivity index (χ2v) is 4.03. The Bertz CT molecular complexity index is 333. The molecule has 1 aromatic rings. The molecule has 0 spiro atoms. The predicted molar refractivity (Wildman–Crippen MR) is 60.8 cm³/mol. The molecule has 4 heteroatoms. The van der Waals surface area contributed by atoms with Gasteiger partial charge in [0, 0.05) is 25.5 Å². The number of hydrogen-bond donors (Lipinski definition) is 1. The molecule has 0 aromatic carbocycles. The van der Waals surface area contributed by atoms with Gasteiger partial charge in [-0.3, -0.25) is 4.57 Å². The molecule has 15 heavy (non-hydrogen) atoms. The molecule has 0 amide bonds. The van der Waals surface area contributed by atoms with Crippen LogP contribution >= 0.6 is 0 Å². The molecule has 0 bridgehead atoms. The van der Waals surface area contributed by atoms with Crippen LogP contribution in [0.1, 0.15) is 20.3 Å². The predicted octanol–water partition coefficient (Wildman–Crippen LogP) is 0.879. The Morgan fingerprint density at radius 2 is 2.27 bits per heavy atom. The molecule has 1 heterocycles. The summed E-state index contributed by atoms with van der Waals surface area (Å²) in [6.07, 6.45) is 4.45. The van der Waals surface area contributed by atoms with Gasteiger partial charge in [-0.15, -0.1) is 0 Å². The molecule has 1 aromatic heterocycles. The summed E-state index contributed by atoms with van der Waals surface area (Å²) in [5.41, 5.74) is -0.178. The van der Waals surface area contributed by atoms with Gasteiger partial charge >= 0.3 is 5.69 Å². The van der Waals surface area contributed by atoms with E-state index in [2.05, 4.69) is 24.1 Å². The fourth-order valence-electron chi connectivity index (χ4n) is 1.27. The summed E-state index contributed by atoms with van der Waals surface area (Å²) in [4.78, 5) is 14.9. The van der Waals surface area contributed by atoms with Crippen LogP contribution in [0.4, 0.5) is 0 Å². The van der Waals surface area contributed by atoms with Crippen molar-refractivity contribution in [1.29, 1.82) is 0 Å². The Morgan fingerprint density at radius 3 is 2.93 bits per heavy atom. The van der Waals surface area contributed by atoms with Gasteiger partial charge in [-0.2, -0.15) is 0 Å². The molecular weight excluding hydrogens is 190 g/mol. The van der Waals surface area contributed by atoms with Crippen LogP contribution in [0.3, 0.4) is 0 Å². The van der Waals surface area contributed by atoms with E-state index >= 15 is 0 Å². The minimum atomic E-state index is -0.178. The van der Waals surface area contributed by atoms with E-state index in [1.165, 1.54) is 12.6 Å². The van der Waals surface area contributed by atoms with E-state index in [4.69, 9.17) is 0 Å². The number of aromatic nitrogens is 2. The molecule has 0 radical (unpaired) electrons. The zero-order chi connectivity index (χ0) is 11.1. The average Bonchev–Trinajstić information content (AvgIpc) is 2.20. The van der Waals surface area contributed by atoms with E-state index in [-0.39, 0.29) is 5.69 Å². The van der Waals surface area contributed by atoms with Crippen LogP contribution < -0.4 is 11.0 Å². The topological polar surface area (TPSA) is 46.9 Å². The highest BCUT2D eigenvalue weighted by atomic mass is 16.1. The van der Waals surface area contributed by atoms with Crippen LogP contribution in [0, 0.1) is 5.92 Å². The first-order valence-electron chi connectivity index (χ1n) is 5.42. The quantitative estimate of drug-likeness (QED) is 0.707. The lowest BCUT2D eigenvalue weighted by atomic mass is 10.1. The Kier molecular flexibility index (Phi) is 5.04. The summed E-state index contributed by atoms with van der Waals surface area (Å²) in [6.45, 7) is 6.91. The van der Waals surface area contributed by atoms with Crippen molar-refractivity contribution < 1.29 is 0 Å². The van der Waals surface area contributed by atoms with Crippen molar-refractivity contribution in [2.45, 2.75) is 26.8 Å². The molecular formula is C11H19N3O. The Balaban J connectivity index is 2.21. The lowest BCUT2D eigenvalue weighted by Crippen LogP contribution is -2.28. The van der Waals surface area contributed by atoms with Crippen LogP contribution in [-0.4, -0.2) is 22.6 Å². The van der Waals surface area contributed by atoms with Crippen molar-refractivity contribution in [2.75, 3.05) is 13.1 Å². The van der Waals surface area contributed by atoms with Crippen LogP contribution in [-0.2, 0) is 6.54 Å². The Hall–Kier alpha value is -1.16. The smallest absolute Gasteiger partial charge is 0.315 e. The van der Waals surface area contributed by atoms with Crippen molar-refractivity contribution in [3.05, 3.63) is 28.9 Å². The summed E-state index contributed by atoms with van der Waals surface area (Å²) in [5.74, 6) is 0.721. The van der Waals surface area contributed by atoms with E-state index < -0.39 is 0 Å². The largest absolute Gasteiger partial charge is 0.347 e. The average molecular weight is 209 g/mol. The number of nitrogens with zero attached hydrogens (tertiary/aromatic N) is 2. The fourth-order valence-corrected chi connectivity index (χ4v) is 1.27. The molecule has 0 fully saturated rings. The van der Waals surface area contributed by atoms with Gasteiger partial charge in [0.25, 0.3) is 0 Å². The first kappa shape index (κ1) is 11.9. The monoisotopic (exact) mass is 209 g/mol. The third kappa shape index (κ3) is 4.74. The van der Waals surface area contributed by atoms with Gasteiger partial charge in [0.05, 0.1) is 0 Å². The van der Waals surface area contributed by atoms with Gasteiger partial charge in [-0.05, 0) is 24.9 Å². The van der Waals surface area contributed by atoms with Gasteiger partial charge < -0.3 is 5.32 Å². The highest BCUT2D eigenvalue weighted by molar-refractivity contribution is 4.80. The van der Waals surface area contributed by atoms with E-state index in [1.807, 2.05) is 0 Å². The standard InChI is InChI=1S/C11H19N3O/c1-10(2)4-6-12-7-9-14-8-3-5-13-11(14)15/h3,5,8,10,12H,4,6-7,9H2,1-2H3. The number of nitrogens with one attached hydrogen (secondary N) is 1. The zero-order valence-electron chi connectivity index (χ0n) is 9.44. The highest BCUT2D eigenvalue weighted by Crippen LogP contribution is 1.95. The summed E-state index contributed by atoms with van der Waals surface area (Å²) in [7, 11) is 0. The van der Waals surface area contributed by atoms with E-state index in [0.29, 0.717) is 6.54 Å². The molecule has 1 N–H and O–H groups in total. The molecule has 0 aliphatic rings. The van der Waals surface area contributed by atoms with Crippen molar-refractivity contribution in [3.8, 4) is 0 Å². The van der Waals surface area contributed by atoms with E-state index in [1.54, 1.807) is 16.8 Å². The molecule has 0 saturated carbocycles. The molecule has 84 valence electrons. The maximum absolute atomic E-state index is 11.2. The minimum Gasteiger partial charge on any atom is -0.315 e. The second-order valence-electron chi connectivity index (χ2n) is 4.03. The van der Waals surface area contributed by atoms with Gasteiger partial charge in [0.15, 0.2) is 0 Å². The van der Waals surface area contributed by atoms with Crippen LogP contribution in [0.15, 0.2) is 23.3 Å². The van der Waals surface area contributed by atoms with Crippen LogP contribution in [0.2, 0.25) is 0 Å². The molecule has 4 nitrogen and oxygen atoms in total. The number of rotatable bonds is 6. The molecule has 1 rings (SSSR count). The maximum atomic E-state index is 11.2. The summed E-state index contributed by atoms with van der Waals surface area (Å²) >= 11 is 0. The van der Waals surface area contributed by atoms with Crippen LogP contribution in [0.25, 0.3) is 0 Å². The molecule has 0 aliphatic heterocycles. The van der Waals surface area contributed by atoms with Gasteiger partial charge in [-0.1, -0.05) is 13.8 Å². The first-order valence-corrected chi connectivity index (χ1v) is 5.42. The van der Waals surface area contributed by atoms with Crippen LogP contribution in [0.5, 0.6) is 0 Å². The Labute approximate surface area is 90.3 Å². The number of hydrogen-bond acceptors (Lipinski definition) is 3. The first-order chi connectivity index (χ1) is 7.20. The lowest BCUT2D eigenvalue weighted by molar-refractivity contribution is 0.513. The van der Waals surface area contributed by atoms with Gasteiger partial charge in [0.2, 0.25) is 0 Å². The molecule has 0 saturated heterocycles. The normalized spacial score (nSPS) is 10.9. The Morgan fingerprint density at radius 1 is 1.47 bits per heavy atom. The molecule has 0 unspecified atom stereocenters.